The van der Waals surface area contributed by atoms with E-state index in [0.29, 0.717) is 22.6 Å². The standard InChI is InChI=1S/C24H23N3O2S/c1-4-27-22(28)19-14-17-12-8-9-13-18(17)15-20(19)25-24(27)30-21(23(29)26(2)3)16-10-6-5-7-11-16/h5-15,21H,4H2,1-3H3/t21-/m0/s1. The highest BCUT2D eigenvalue weighted by Gasteiger charge is 2.26. The highest BCUT2D eigenvalue weighted by Crippen LogP contribution is 2.36. The van der Waals surface area contributed by atoms with Crippen molar-refractivity contribution in [3.05, 3.63) is 82.6 Å². The first-order valence-corrected chi connectivity index (χ1v) is 10.7. The first-order valence-electron chi connectivity index (χ1n) is 9.85. The quantitative estimate of drug-likeness (QED) is 0.273. The molecule has 1 atom stereocenters. The fraction of sp³-hybridized carbons (Fsp3) is 0.208. The number of nitrogens with zero attached hydrogens (tertiary/aromatic N) is 3. The molecule has 1 aromatic heterocycles. The van der Waals surface area contributed by atoms with Gasteiger partial charge in [0.05, 0.1) is 10.9 Å². The van der Waals surface area contributed by atoms with Gasteiger partial charge >= 0.3 is 0 Å². The van der Waals surface area contributed by atoms with E-state index in [0.717, 1.165) is 16.3 Å². The van der Waals surface area contributed by atoms with Crippen LogP contribution in [0.1, 0.15) is 17.7 Å². The Morgan fingerprint density at radius 2 is 1.67 bits per heavy atom. The van der Waals surface area contributed by atoms with Gasteiger partial charge in [0.2, 0.25) is 5.91 Å². The monoisotopic (exact) mass is 417 g/mol. The van der Waals surface area contributed by atoms with Crippen LogP contribution < -0.4 is 5.56 Å². The predicted octanol–water partition coefficient (Wildman–Crippen LogP) is 4.49. The maximum Gasteiger partial charge on any atom is 0.262 e. The molecule has 0 fully saturated rings. The minimum absolute atomic E-state index is 0.0401. The number of rotatable bonds is 5. The molecular weight excluding hydrogens is 394 g/mol. The van der Waals surface area contributed by atoms with Gasteiger partial charge in [0.25, 0.3) is 5.56 Å². The van der Waals surface area contributed by atoms with E-state index in [2.05, 4.69) is 0 Å². The van der Waals surface area contributed by atoms with Crippen molar-refractivity contribution in [2.24, 2.45) is 0 Å². The fourth-order valence-electron chi connectivity index (χ4n) is 3.49. The van der Waals surface area contributed by atoms with E-state index in [1.54, 1.807) is 23.6 Å². The Bertz CT molecular complexity index is 1280. The maximum absolute atomic E-state index is 13.3. The number of fused-ring (bicyclic) bond motifs is 2. The number of benzene rings is 3. The van der Waals surface area contributed by atoms with Crippen molar-refractivity contribution in [3.63, 3.8) is 0 Å². The Morgan fingerprint density at radius 3 is 2.30 bits per heavy atom. The molecule has 1 heterocycles. The van der Waals surface area contributed by atoms with E-state index in [1.807, 2.05) is 73.7 Å². The molecule has 152 valence electrons. The Morgan fingerprint density at radius 1 is 1.03 bits per heavy atom. The van der Waals surface area contributed by atoms with Crippen molar-refractivity contribution in [2.75, 3.05) is 14.1 Å². The Labute approximate surface area is 179 Å². The fourth-order valence-corrected chi connectivity index (χ4v) is 4.79. The minimum Gasteiger partial charge on any atom is -0.348 e. The van der Waals surface area contributed by atoms with Crippen LogP contribution in [0.15, 0.2) is 76.7 Å². The summed E-state index contributed by atoms with van der Waals surface area (Å²) in [5, 5.41) is 2.70. The molecule has 4 aromatic rings. The van der Waals surface area contributed by atoms with Gasteiger partial charge in [-0.2, -0.15) is 0 Å². The Balaban J connectivity index is 1.88. The molecule has 30 heavy (non-hydrogen) atoms. The molecule has 0 N–H and O–H groups in total. The van der Waals surface area contributed by atoms with Crippen molar-refractivity contribution in [2.45, 2.75) is 23.9 Å². The SMILES string of the molecule is CCn1c(S[C@H](C(=O)N(C)C)c2ccccc2)nc2cc3ccccc3cc2c1=O. The van der Waals surface area contributed by atoms with Crippen LogP contribution in [0.2, 0.25) is 0 Å². The molecule has 0 saturated heterocycles. The van der Waals surface area contributed by atoms with Gasteiger partial charge in [-0.3, -0.25) is 14.2 Å². The number of aromatic nitrogens is 2. The van der Waals surface area contributed by atoms with E-state index in [9.17, 15) is 9.59 Å². The summed E-state index contributed by atoms with van der Waals surface area (Å²) < 4.78 is 1.65. The van der Waals surface area contributed by atoms with Crippen molar-refractivity contribution in [1.29, 1.82) is 0 Å². The van der Waals surface area contributed by atoms with Crippen LogP contribution in [-0.2, 0) is 11.3 Å². The lowest BCUT2D eigenvalue weighted by molar-refractivity contribution is -0.128. The molecule has 6 heteroatoms. The molecular formula is C24H23N3O2S. The first kappa shape index (κ1) is 20.2. The van der Waals surface area contributed by atoms with E-state index in [4.69, 9.17) is 4.98 Å². The van der Waals surface area contributed by atoms with E-state index in [-0.39, 0.29) is 11.5 Å². The molecule has 5 nitrogen and oxygen atoms in total. The average molecular weight is 418 g/mol. The lowest BCUT2D eigenvalue weighted by Gasteiger charge is -2.21. The van der Waals surface area contributed by atoms with E-state index in [1.165, 1.54) is 11.8 Å². The Hall–Kier alpha value is -3.12. The second kappa shape index (κ2) is 8.32. The minimum atomic E-state index is -0.483. The van der Waals surface area contributed by atoms with Gasteiger partial charge in [0.1, 0.15) is 5.25 Å². The van der Waals surface area contributed by atoms with Crippen LogP contribution in [0.3, 0.4) is 0 Å². The second-order valence-corrected chi connectivity index (χ2v) is 8.37. The molecule has 3 aromatic carbocycles. The third-order valence-electron chi connectivity index (χ3n) is 5.09. The number of thioether (sulfide) groups is 1. The van der Waals surface area contributed by atoms with Crippen molar-refractivity contribution in [1.82, 2.24) is 14.5 Å². The van der Waals surface area contributed by atoms with Crippen LogP contribution >= 0.6 is 11.8 Å². The predicted molar refractivity (Wildman–Crippen MR) is 123 cm³/mol. The number of carbonyl (C=O) groups excluding carboxylic acids is 1. The zero-order valence-corrected chi connectivity index (χ0v) is 18.0. The van der Waals surface area contributed by atoms with Gasteiger partial charge in [0.15, 0.2) is 5.16 Å². The largest absolute Gasteiger partial charge is 0.348 e. The summed E-state index contributed by atoms with van der Waals surface area (Å²) in [6.45, 7) is 2.40. The normalized spacial score (nSPS) is 12.2. The maximum atomic E-state index is 13.3. The molecule has 0 saturated carbocycles. The third kappa shape index (κ3) is 3.71. The number of carbonyl (C=O) groups is 1. The highest BCUT2D eigenvalue weighted by atomic mass is 32.2. The molecule has 0 aliphatic rings. The van der Waals surface area contributed by atoms with Crippen LogP contribution in [0, 0.1) is 0 Å². The zero-order chi connectivity index (χ0) is 21.3. The van der Waals surface area contributed by atoms with E-state index < -0.39 is 5.25 Å². The van der Waals surface area contributed by atoms with Crippen LogP contribution in [0.5, 0.6) is 0 Å². The van der Waals surface area contributed by atoms with Gasteiger partial charge < -0.3 is 4.90 Å². The summed E-state index contributed by atoms with van der Waals surface area (Å²) in [6.07, 6.45) is 0. The summed E-state index contributed by atoms with van der Waals surface area (Å²) in [5.74, 6) is -0.0401. The van der Waals surface area contributed by atoms with Crippen molar-refractivity contribution >= 4 is 39.3 Å². The Kier molecular flexibility index (Phi) is 5.59. The first-order chi connectivity index (χ1) is 14.5. The smallest absolute Gasteiger partial charge is 0.262 e. The van der Waals surface area contributed by atoms with Crippen LogP contribution in [-0.4, -0.2) is 34.5 Å². The number of amides is 1. The number of hydrogen-bond donors (Lipinski definition) is 0. The third-order valence-corrected chi connectivity index (χ3v) is 6.33. The molecule has 0 aliphatic carbocycles. The lowest BCUT2D eigenvalue weighted by atomic mass is 10.1. The topological polar surface area (TPSA) is 55.2 Å². The summed E-state index contributed by atoms with van der Waals surface area (Å²) >= 11 is 1.32. The number of likely N-dealkylation sites (N-methyl/N-ethyl adjacent to an activating group) is 1. The summed E-state index contributed by atoms with van der Waals surface area (Å²) in [4.78, 5) is 32.6. The molecule has 0 unspecified atom stereocenters. The van der Waals surface area contributed by atoms with Crippen molar-refractivity contribution < 1.29 is 4.79 Å². The van der Waals surface area contributed by atoms with Gasteiger partial charge in [-0.15, -0.1) is 0 Å². The summed E-state index contributed by atoms with van der Waals surface area (Å²) in [6, 6.07) is 21.4. The highest BCUT2D eigenvalue weighted by molar-refractivity contribution is 8.00. The summed E-state index contributed by atoms with van der Waals surface area (Å²) in [5.41, 5.74) is 1.45. The average Bonchev–Trinajstić information content (AvgIpc) is 2.76. The second-order valence-electron chi connectivity index (χ2n) is 7.30. The van der Waals surface area contributed by atoms with Crippen LogP contribution in [0.4, 0.5) is 0 Å². The van der Waals surface area contributed by atoms with Gasteiger partial charge in [-0.05, 0) is 35.4 Å². The zero-order valence-electron chi connectivity index (χ0n) is 17.2. The van der Waals surface area contributed by atoms with Gasteiger partial charge in [0, 0.05) is 20.6 Å². The summed E-state index contributed by atoms with van der Waals surface area (Å²) in [7, 11) is 3.48. The van der Waals surface area contributed by atoms with E-state index >= 15 is 0 Å². The van der Waals surface area contributed by atoms with Gasteiger partial charge in [-0.25, -0.2) is 4.98 Å². The molecule has 0 aliphatic heterocycles. The number of hydrogen-bond acceptors (Lipinski definition) is 4. The molecule has 4 rings (SSSR count). The van der Waals surface area contributed by atoms with Gasteiger partial charge in [-0.1, -0.05) is 66.4 Å². The van der Waals surface area contributed by atoms with Crippen molar-refractivity contribution in [3.8, 4) is 0 Å². The van der Waals surface area contributed by atoms with Crippen LogP contribution in [0.25, 0.3) is 21.7 Å². The molecule has 1 amide bonds. The lowest BCUT2D eigenvalue weighted by Crippen LogP contribution is -2.28. The molecule has 0 spiro atoms. The molecule has 0 radical (unpaired) electrons. The molecule has 0 bridgehead atoms.